The Labute approximate surface area is 180 Å². The van der Waals surface area contributed by atoms with Gasteiger partial charge in [-0.1, -0.05) is 25.6 Å². The normalized spacial score (nSPS) is 14.7. The van der Waals surface area contributed by atoms with Crippen LogP contribution in [0.1, 0.15) is 47.8 Å². The van der Waals surface area contributed by atoms with Gasteiger partial charge in [0, 0.05) is 24.7 Å². The van der Waals surface area contributed by atoms with Crippen molar-refractivity contribution in [3.63, 3.8) is 0 Å². The fourth-order valence-electron chi connectivity index (χ4n) is 3.15. The second-order valence-corrected chi connectivity index (χ2v) is 7.28. The molecule has 0 spiro atoms. The summed E-state index contributed by atoms with van der Waals surface area (Å²) in [5.74, 6) is 0.925. The molecule has 1 amide bonds. The molecule has 3 aromatic heterocycles. The Morgan fingerprint density at radius 1 is 1.35 bits per heavy atom. The van der Waals surface area contributed by atoms with Crippen LogP contribution >= 0.6 is 0 Å². The number of pyridine rings is 2. The number of aliphatic imine (C=N–C) groups is 1. The maximum absolute atomic E-state index is 12.8. The van der Waals surface area contributed by atoms with Crippen molar-refractivity contribution in [3.05, 3.63) is 79.0 Å². The molecule has 0 saturated heterocycles. The summed E-state index contributed by atoms with van der Waals surface area (Å²) >= 11 is 0. The van der Waals surface area contributed by atoms with E-state index in [-0.39, 0.29) is 11.8 Å². The molecule has 1 atom stereocenters. The molecule has 3 heterocycles. The molecule has 1 unspecified atom stereocenters. The molecule has 0 radical (unpaired) electrons. The van der Waals surface area contributed by atoms with Crippen LogP contribution in [0, 0.1) is 0 Å². The van der Waals surface area contributed by atoms with E-state index in [9.17, 15) is 4.79 Å². The lowest BCUT2D eigenvalue weighted by molar-refractivity contribution is 0.102. The van der Waals surface area contributed by atoms with Crippen molar-refractivity contribution in [2.24, 2.45) is 4.99 Å². The molecule has 0 bridgehead atoms. The molecule has 8 nitrogen and oxygen atoms in total. The van der Waals surface area contributed by atoms with E-state index in [1.165, 1.54) is 6.20 Å². The molecule has 3 aromatic rings. The average Bonchev–Trinajstić information content (AvgIpc) is 3.53. The van der Waals surface area contributed by atoms with Gasteiger partial charge in [0.15, 0.2) is 5.82 Å². The van der Waals surface area contributed by atoms with Gasteiger partial charge in [0.05, 0.1) is 0 Å². The van der Waals surface area contributed by atoms with E-state index in [1.54, 1.807) is 30.9 Å². The van der Waals surface area contributed by atoms with E-state index in [4.69, 9.17) is 0 Å². The molecule has 0 aliphatic heterocycles. The number of nitrogens with zero attached hydrogens (tertiary/aromatic N) is 6. The highest BCUT2D eigenvalue weighted by atomic mass is 16.1. The van der Waals surface area contributed by atoms with E-state index >= 15 is 0 Å². The first-order chi connectivity index (χ1) is 15.2. The maximum Gasteiger partial charge on any atom is 0.275 e. The third kappa shape index (κ3) is 4.98. The Bertz CT molecular complexity index is 1140. The van der Waals surface area contributed by atoms with Crippen molar-refractivity contribution < 1.29 is 4.79 Å². The standard InChI is InChI=1S/C23H23N7O/c1-3-24-12-5-6-16(2)17-11-13-25-20(14-17)23(31)28-21-8-4-7-19(27-21)22-29-26-15-30(22)18-9-10-18/h3-8,11-16,18H,1,9-10H2,2H3,(H,27,28,31)/b6-5-,24-12?. The topological polar surface area (TPSA) is 98.0 Å². The largest absolute Gasteiger partial charge is 0.309 e. The number of aromatic nitrogens is 5. The predicted molar refractivity (Wildman–Crippen MR) is 120 cm³/mol. The summed E-state index contributed by atoms with van der Waals surface area (Å²) in [6.45, 7) is 5.58. The molecule has 156 valence electrons. The van der Waals surface area contributed by atoms with E-state index in [1.807, 2.05) is 41.8 Å². The monoisotopic (exact) mass is 413 g/mol. The fraction of sp³-hybridized carbons (Fsp3) is 0.217. The van der Waals surface area contributed by atoms with E-state index in [0.717, 1.165) is 18.4 Å². The average molecular weight is 413 g/mol. The molecule has 0 aromatic carbocycles. The van der Waals surface area contributed by atoms with Crippen molar-refractivity contribution in [2.75, 3.05) is 5.32 Å². The van der Waals surface area contributed by atoms with Crippen LogP contribution in [0.15, 0.2) is 72.8 Å². The lowest BCUT2D eigenvalue weighted by Gasteiger charge is -2.10. The molecule has 4 rings (SSSR count). The van der Waals surface area contributed by atoms with Gasteiger partial charge in [0.1, 0.15) is 23.5 Å². The van der Waals surface area contributed by atoms with Crippen LogP contribution in [0.5, 0.6) is 0 Å². The van der Waals surface area contributed by atoms with Gasteiger partial charge in [-0.3, -0.25) is 14.8 Å². The summed E-state index contributed by atoms with van der Waals surface area (Å²) in [6.07, 6.45) is 12.6. The Morgan fingerprint density at radius 3 is 3.03 bits per heavy atom. The number of nitrogens with one attached hydrogen (secondary N) is 1. The van der Waals surface area contributed by atoms with Gasteiger partial charge in [-0.2, -0.15) is 0 Å². The Morgan fingerprint density at radius 2 is 2.23 bits per heavy atom. The molecular weight excluding hydrogens is 390 g/mol. The van der Waals surface area contributed by atoms with E-state index < -0.39 is 0 Å². The molecule has 1 N–H and O–H groups in total. The molecule has 1 fully saturated rings. The highest BCUT2D eigenvalue weighted by molar-refractivity contribution is 6.02. The van der Waals surface area contributed by atoms with Crippen molar-refractivity contribution in [3.8, 4) is 11.5 Å². The minimum atomic E-state index is -0.320. The first-order valence-corrected chi connectivity index (χ1v) is 10.1. The zero-order valence-electron chi connectivity index (χ0n) is 17.2. The van der Waals surface area contributed by atoms with Crippen LogP contribution in [0.3, 0.4) is 0 Å². The van der Waals surface area contributed by atoms with Crippen molar-refractivity contribution in [1.82, 2.24) is 24.7 Å². The van der Waals surface area contributed by atoms with Gasteiger partial charge in [-0.25, -0.2) is 4.98 Å². The van der Waals surface area contributed by atoms with Gasteiger partial charge in [0.2, 0.25) is 0 Å². The minimum Gasteiger partial charge on any atom is -0.309 e. The highest BCUT2D eigenvalue weighted by Gasteiger charge is 2.27. The van der Waals surface area contributed by atoms with Crippen molar-refractivity contribution in [2.45, 2.75) is 31.7 Å². The number of amides is 1. The third-order valence-electron chi connectivity index (χ3n) is 4.95. The molecule has 1 aliphatic rings. The van der Waals surface area contributed by atoms with Gasteiger partial charge >= 0.3 is 0 Å². The summed E-state index contributed by atoms with van der Waals surface area (Å²) in [6, 6.07) is 9.55. The minimum absolute atomic E-state index is 0.0982. The fourth-order valence-corrected chi connectivity index (χ4v) is 3.15. The van der Waals surface area contributed by atoms with Gasteiger partial charge < -0.3 is 9.88 Å². The van der Waals surface area contributed by atoms with Crippen molar-refractivity contribution >= 4 is 17.9 Å². The van der Waals surface area contributed by atoms with Crippen molar-refractivity contribution in [1.29, 1.82) is 0 Å². The quantitative estimate of drug-likeness (QED) is 0.558. The zero-order valence-corrected chi connectivity index (χ0v) is 17.2. The molecule has 1 aliphatic carbocycles. The second kappa shape index (κ2) is 9.25. The summed E-state index contributed by atoms with van der Waals surface area (Å²) in [5.41, 5.74) is 1.97. The zero-order chi connectivity index (χ0) is 21.6. The number of hydrogen-bond donors (Lipinski definition) is 1. The molecule has 31 heavy (non-hydrogen) atoms. The number of allylic oxidation sites excluding steroid dienone is 2. The summed E-state index contributed by atoms with van der Waals surface area (Å²) < 4.78 is 2.04. The number of carbonyl (C=O) groups excluding carboxylic acids is 1. The van der Waals surface area contributed by atoms with Crippen LogP contribution < -0.4 is 5.32 Å². The highest BCUT2D eigenvalue weighted by Crippen LogP contribution is 2.37. The van der Waals surface area contributed by atoms with Crippen LogP contribution in [0.2, 0.25) is 0 Å². The smallest absolute Gasteiger partial charge is 0.275 e. The number of hydrogen-bond acceptors (Lipinski definition) is 6. The maximum atomic E-state index is 12.8. The number of carbonyl (C=O) groups is 1. The Hall–Kier alpha value is -3.94. The number of rotatable bonds is 8. The third-order valence-corrected chi connectivity index (χ3v) is 4.95. The Balaban J connectivity index is 1.48. The predicted octanol–water partition coefficient (Wildman–Crippen LogP) is 4.20. The van der Waals surface area contributed by atoms with E-state index in [0.29, 0.717) is 29.1 Å². The lowest BCUT2D eigenvalue weighted by atomic mass is 10.0. The van der Waals surface area contributed by atoms with Gasteiger partial charge in [-0.05, 0) is 54.7 Å². The van der Waals surface area contributed by atoms with Crippen LogP contribution in [0.25, 0.3) is 11.5 Å². The summed E-state index contributed by atoms with van der Waals surface area (Å²) in [5, 5.41) is 11.0. The second-order valence-electron chi connectivity index (χ2n) is 7.28. The number of anilines is 1. The molecular formula is C23H23N7O. The van der Waals surface area contributed by atoms with Crippen LogP contribution in [0.4, 0.5) is 5.82 Å². The van der Waals surface area contributed by atoms with Crippen LogP contribution in [-0.2, 0) is 0 Å². The van der Waals surface area contributed by atoms with E-state index in [2.05, 4.69) is 37.1 Å². The van der Waals surface area contributed by atoms with Crippen LogP contribution in [-0.4, -0.2) is 36.9 Å². The summed E-state index contributed by atoms with van der Waals surface area (Å²) in [7, 11) is 0. The Kier molecular flexibility index (Phi) is 6.07. The first-order valence-electron chi connectivity index (χ1n) is 10.1. The first kappa shape index (κ1) is 20.3. The molecule has 1 saturated carbocycles. The SMILES string of the molecule is C=CN=C/C=C\C(C)c1ccnc(C(=O)Nc2cccc(-c3nncn3C3CC3)n2)c1. The van der Waals surface area contributed by atoms with Gasteiger partial charge in [-0.15, -0.1) is 10.2 Å². The molecule has 8 heteroatoms. The summed E-state index contributed by atoms with van der Waals surface area (Å²) in [4.78, 5) is 25.5. The van der Waals surface area contributed by atoms with Gasteiger partial charge in [0.25, 0.3) is 5.91 Å². The lowest BCUT2D eigenvalue weighted by Crippen LogP contribution is -2.15.